The summed E-state index contributed by atoms with van der Waals surface area (Å²) in [5.41, 5.74) is 0. The maximum absolute atomic E-state index is 12.7. The third-order valence-corrected chi connectivity index (χ3v) is 11.3. The summed E-state index contributed by atoms with van der Waals surface area (Å²) in [7, 11) is 0. The molecule has 0 saturated carbocycles. The summed E-state index contributed by atoms with van der Waals surface area (Å²) in [6.07, 6.45) is 45.3. The van der Waals surface area contributed by atoms with Crippen LogP contribution in [0.1, 0.15) is 278 Å². The number of unbranched alkanes of at least 4 members (excludes halogenated alkanes) is 32. The highest BCUT2D eigenvalue weighted by Gasteiger charge is 2.19. The summed E-state index contributed by atoms with van der Waals surface area (Å²) >= 11 is 0. The highest BCUT2D eigenvalue weighted by molar-refractivity contribution is 5.71. The lowest BCUT2D eigenvalue weighted by molar-refractivity contribution is -0.167. The molecule has 0 spiro atoms. The van der Waals surface area contributed by atoms with Crippen molar-refractivity contribution in [2.24, 2.45) is 5.92 Å². The first-order valence-corrected chi connectivity index (χ1v) is 24.9. The minimum Gasteiger partial charge on any atom is -0.462 e. The van der Waals surface area contributed by atoms with Gasteiger partial charge < -0.3 is 14.2 Å². The first-order valence-electron chi connectivity index (χ1n) is 24.9. The Hall–Kier alpha value is -1.59. The Morgan fingerprint density at radius 1 is 0.339 bits per heavy atom. The summed E-state index contributed by atoms with van der Waals surface area (Å²) in [4.78, 5) is 37.8. The van der Waals surface area contributed by atoms with E-state index in [0.717, 1.165) is 63.7 Å². The molecule has 0 aliphatic rings. The number of carbonyl (C=O) groups excluding carboxylic acids is 3. The fraction of sp³-hybridized carbons (Fsp3) is 0.940. The van der Waals surface area contributed by atoms with Crippen molar-refractivity contribution in [3.63, 3.8) is 0 Å². The predicted octanol–water partition coefficient (Wildman–Crippen LogP) is 15.9. The van der Waals surface area contributed by atoms with Gasteiger partial charge in [0.25, 0.3) is 0 Å². The number of esters is 3. The molecule has 0 rings (SSSR count). The second-order valence-electron chi connectivity index (χ2n) is 17.6. The summed E-state index contributed by atoms with van der Waals surface area (Å²) < 4.78 is 16.7. The molecule has 0 bridgehead atoms. The lowest BCUT2D eigenvalue weighted by Gasteiger charge is -2.18. The first-order chi connectivity index (χ1) is 27.4. The van der Waals surface area contributed by atoms with E-state index in [1.807, 2.05) is 0 Å². The maximum Gasteiger partial charge on any atom is 0.306 e. The van der Waals surface area contributed by atoms with Crippen molar-refractivity contribution >= 4 is 17.9 Å². The van der Waals surface area contributed by atoms with Gasteiger partial charge in [-0.1, -0.05) is 240 Å². The van der Waals surface area contributed by atoms with Crippen molar-refractivity contribution in [2.45, 2.75) is 284 Å². The van der Waals surface area contributed by atoms with Gasteiger partial charge in [-0.25, -0.2) is 0 Å². The Morgan fingerprint density at radius 3 is 0.875 bits per heavy atom. The van der Waals surface area contributed by atoms with Crippen LogP contribution in [0, 0.1) is 5.92 Å². The van der Waals surface area contributed by atoms with E-state index in [2.05, 4.69) is 27.7 Å². The molecule has 0 unspecified atom stereocenters. The number of rotatable bonds is 45. The molecule has 0 saturated heterocycles. The standard InChI is InChI=1S/C50H96O6/c1-5-7-9-11-13-15-16-17-18-19-20-21-22-23-25-30-34-38-42-49(52)55-45-47(44-54-48(51)41-37-33-29-24-14-12-10-8-6-2)56-50(53)43-39-35-31-27-26-28-32-36-40-46(3)4/h46-47H,5-45H2,1-4H3/t47-/m1/s1. The van der Waals surface area contributed by atoms with E-state index in [-0.39, 0.29) is 31.1 Å². The zero-order chi connectivity index (χ0) is 41.0. The van der Waals surface area contributed by atoms with Gasteiger partial charge in [0, 0.05) is 19.3 Å². The summed E-state index contributed by atoms with van der Waals surface area (Å²) in [5.74, 6) is -0.0596. The van der Waals surface area contributed by atoms with Crippen molar-refractivity contribution in [2.75, 3.05) is 13.2 Å². The van der Waals surface area contributed by atoms with Crippen LogP contribution in [0.15, 0.2) is 0 Å². The van der Waals surface area contributed by atoms with Crippen molar-refractivity contribution in [3.05, 3.63) is 0 Å². The fourth-order valence-electron chi connectivity index (χ4n) is 7.51. The zero-order valence-electron chi connectivity index (χ0n) is 38.1. The number of carbonyl (C=O) groups is 3. The Morgan fingerprint density at radius 2 is 0.589 bits per heavy atom. The van der Waals surface area contributed by atoms with E-state index < -0.39 is 6.10 Å². The molecule has 6 nitrogen and oxygen atoms in total. The van der Waals surface area contributed by atoms with E-state index in [0.29, 0.717) is 19.3 Å². The van der Waals surface area contributed by atoms with E-state index >= 15 is 0 Å². The third-order valence-electron chi connectivity index (χ3n) is 11.3. The molecule has 0 aliphatic heterocycles. The molecule has 0 aromatic carbocycles. The van der Waals surface area contributed by atoms with E-state index in [4.69, 9.17) is 14.2 Å². The largest absolute Gasteiger partial charge is 0.462 e. The number of ether oxygens (including phenoxy) is 3. The molecule has 0 radical (unpaired) electrons. The quantitative estimate of drug-likeness (QED) is 0.0347. The molecule has 56 heavy (non-hydrogen) atoms. The molecule has 0 heterocycles. The van der Waals surface area contributed by atoms with Crippen LogP contribution >= 0.6 is 0 Å². The van der Waals surface area contributed by atoms with Gasteiger partial charge >= 0.3 is 17.9 Å². The molecule has 0 aliphatic carbocycles. The zero-order valence-corrected chi connectivity index (χ0v) is 38.1. The Balaban J connectivity index is 4.22. The molecule has 0 N–H and O–H groups in total. The Labute approximate surface area is 348 Å². The maximum atomic E-state index is 12.7. The predicted molar refractivity (Wildman–Crippen MR) is 238 cm³/mol. The Kier molecular flexibility index (Phi) is 43.2. The van der Waals surface area contributed by atoms with Gasteiger partial charge in [-0.05, 0) is 25.2 Å². The average molecular weight is 793 g/mol. The third kappa shape index (κ3) is 43.5. The lowest BCUT2D eigenvalue weighted by atomic mass is 10.0. The van der Waals surface area contributed by atoms with Crippen LogP contribution in [0.2, 0.25) is 0 Å². The van der Waals surface area contributed by atoms with E-state index in [1.54, 1.807) is 0 Å². The van der Waals surface area contributed by atoms with Crippen molar-refractivity contribution in [1.82, 2.24) is 0 Å². The van der Waals surface area contributed by atoms with Crippen LogP contribution < -0.4 is 0 Å². The average Bonchev–Trinajstić information content (AvgIpc) is 3.18. The second kappa shape index (κ2) is 44.5. The van der Waals surface area contributed by atoms with Crippen molar-refractivity contribution < 1.29 is 28.6 Å². The summed E-state index contributed by atoms with van der Waals surface area (Å²) in [6, 6.07) is 0. The van der Waals surface area contributed by atoms with Crippen LogP contribution in [0.25, 0.3) is 0 Å². The van der Waals surface area contributed by atoms with Gasteiger partial charge in [0.15, 0.2) is 6.10 Å². The van der Waals surface area contributed by atoms with E-state index in [9.17, 15) is 14.4 Å². The van der Waals surface area contributed by atoms with Crippen LogP contribution in [0.5, 0.6) is 0 Å². The Bertz CT molecular complexity index is 841. The SMILES string of the molecule is CCCCCCCCCCCCCCCCCCCCC(=O)OC[C@@H](COC(=O)CCCCCCCCCCC)OC(=O)CCCCCCCCCCC(C)C. The normalized spacial score (nSPS) is 11.9. The van der Waals surface area contributed by atoms with Crippen molar-refractivity contribution in [1.29, 1.82) is 0 Å². The first kappa shape index (κ1) is 54.4. The monoisotopic (exact) mass is 793 g/mol. The molecule has 0 aromatic heterocycles. The van der Waals surface area contributed by atoms with Crippen LogP contribution in [-0.4, -0.2) is 37.2 Å². The molecule has 1 atom stereocenters. The van der Waals surface area contributed by atoms with Gasteiger partial charge in [0.2, 0.25) is 0 Å². The van der Waals surface area contributed by atoms with Crippen LogP contribution in [0.3, 0.4) is 0 Å². The molecule has 0 amide bonds. The smallest absolute Gasteiger partial charge is 0.306 e. The molecular weight excluding hydrogens is 697 g/mol. The topological polar surface area (TPSA) is 78.9 Å². The van der Waals surface area contributed by atoms with Gasteiger partial charge in [0.05, 0.1) is 0 Å². The van der Waals surface area contributed by atoms with Crippen LogP contribution in [-0.2, 0) is 28.6 Å². The number of hydrogen-bond donors (Lipinski definition) is 0. The number of hydrogen-bond acceptors (Lipinski definition) is 6. The summed E-state index contributed by atoms with van der Waals surface area (Å²) in [5, 5.41) is 0. The highest BCUT2D eigenvalue weighted by atomic mass is 16.6. The van der Waals surface area contributed by atoms with Crippen LogP contribution in [0.4, 0.5) is 0 Å². The minimum absolute atomic E-state index is 0.0637. The van der Waals surface area contributed by atoms with Crippen molar-refractivity contribution in [3.8, 4) is 0 Å². The van der Waals surface area contributed by atoms with Gasteiger partial charge in [0.1, 0.15) is 13.2 Å². The van der Waals surface area contributed by atoms with E-state index in [1.165, 1.54) is 173 Å². The molecule has 0 aromatic rings. The van der Waals surface area contributed by atoms with Gasteiger partial charge in [-0.2, -0.15) is 0 Å². The molecule has 332 valence electrons. The highest BCUT2D eigenvalue weighted by Crippen LogP contribution is 2.17. The second-order valence-corrected chi connectivity index (χ2v) is 17.6. The summed E-state index contributed by atoms with van der Waals surface area (Å²) in [6.45, 7) is 8.97. The molecule has 0 fully saturated rings. The van der Waals surface area contributed by atoms with Gasteiger partial charge in [-0.15, -0.1) is 0 Å². The lowest BCUT2D eigenvalue weighted by Crippen LogP contribution is -2.30. The molecule has 6 heteroatoms. The minimum atomic E-state index is -0.760. The van der Waals surface area contributed by atoms with Gasteiger partial charge in [-0.3, -0.25) is 14.4 Å². The molecular formula is C50H96O6. The fourth-order valence-corrected chi connectivity index (χ4v) is 7.51.